The highest BCUT2D eigenvalue weighted by Crippen LogP contribution is 2.33. The molecule has 0 saturated carbocycles. The van der Waals surface area contributed by atoms with Crippen LogP contribution in [0.15, 0.2) is 60.8 Å². The number of aliphatic hydroxyl groups excluding tert-OH is 11. The maximum Gasteiger partial charge on any atom is 0.220 e. The van der Waals surface area contributed by atoms with Crippen molar-refractivity contribution < 1.29 is 89.4 Å². The van der Waals surface area contributed by atoms with Crippen molar-refractivity contribution in [1.29, 1.82) is 0 Å². The van der Waals surface area contributed by atoms with Crippen LogP contribution in [0, 0.1) is 0 Å². The fraction of sp³-hybridized carbons (Fsp3) is 0.849. The van der Waals surface area contributed by atoms with E-state index >= 15 is 0 Å². The number of aliphatic hydroxyl groups is 11. The summed E-state index contributed by atoms with van der Waals surface area (Å²) < 4.78 is 34.3. The van der Waals surface area contributed by atoms with Crippen LogP contribution in [0.1, 0.15) is 264 Å². The SMILES string of the molecule is CCCCCC/C=C/CC/C=C/CC/C=C/C(O)C(COC1OC(CO)C(OC2OC(CO)C(OC3OC(CO)C(O)C(O)C3O)C(O)C2O)C(O)C1O)NC(=O)CCCCCCCCCCCCCCCCCCCCCCC/C=C\C/C=C\CCCCCCC. The summed E-state index contributed by atoms with van der Waals surface area (Å²) in [6.07, 6.45) is 40.8. The second kappa shape index (κ2) is 54.5. The van der Waals surface area contributed by atoms with Gasteiger partial charge in [-0.2, -0.15) is 0 Å². The molecule has 19 nitrogen and oxygen atoms in total. The van der Waals surface area contributed by atoms with Gasteiger partial charge in [0.2, 0.25) is 5.91 Å². The number of allylic oxidation sites excluding steroid dienone is 9. The lowest BCUT2D eigenvalue weighted by atomic mass is 9.96. The van der Waals surface area contributed by atoms with Gasteiger partial charge in [-0.15, -0.1) is 0 Å². The molecule has 0 aliphatic carbocycles. The zero-order valence-corrected chi connectivity index (χ0v) is 56.8. The summed E-state index contributed by atoms with van der Waals surface area (Å²) in [6, 6.07) is -0.996. The number of amides is 1. The van der Waals surface area contributed by atoms with Crippen LogP contribution in [0.2, 0.25) is 0 Å². The zero-order chi connectivity index (χ0) is 66.8. The summed E-state index contributed by atoms with van der Waals surface area (Å²) in [4.78, 5) is 13.4. The molecule has 92 heavy (non-hydrogen) atoms. The topological polar surface area (TPSA) is 307 Å². The van der Waals surface area contributed by atoms with E-state index in [1.165, 1.54) is 180 Å². The van der Waals surface area contributed by atoms with Crippen molar-refractivity contribution >= 4 is 5.91 Å². The summed E-state index contributed by atoms with van der Waals surface area (Å²) in [7, 11) is 0. The molecule has 0 aromatic rings. The maximum absolute atomic E-state index is 13.4. The van der Waals surface area contributed by atoms with Gasteiger partial charge in [0, 0.05) is 6.42 Å². The van der Waals surface area contributed by atoms with E-state index in [0.29, 0.717) is 12.8 Å². The minimum Gasteiger partial charge on any atom is -0.394 e. The Morgan fingerprint density at radius 3 is 1.16 bits per heavy atom. The highest BCUT2D eigenvalue weighted by molar-refractivity contribution is 5.76. The normalized spacial score (nSPS) is 28.0. The van der Waals surface area contributed by atoms with Crippen molar-refractivity contribution in [3.05, 3.63) is 60.8 Å². The Morgan fingerprint density at radius 2 is 0.728 bits per heavy atom. The molecule has 3 fully saturated rings. The average Bonchev–Trinajstić information content (AvgIpc) is 0.852. The van der Waals surface area contributed by atoms with Crippen molar-refractivity contribution in [2.45, 2.75) is 369 Å². The van der Waals surface area contributed by atoms with E-state index in [-0.39, 0.29) is 18.9 Å². The second-order valence-electron chi connectivity index (χ2n) is 26.0. The van der Waals surface area contributed by atoms with Gasteiger partial charge in [0.25, 0.3) is 0 Å². The van der Waals surface area contributed by atoms with Crippen LogP contribution in [0.4, 0.5) is 0 Å². The number of unbranched alkanes of at least 4 members (excludes halogenated alkanes) is 32. The molecule has 0 spiro atoms. The van der Waals surface area contributed by atoms with Crippen LogP contribution >= 0.6 is 0 Å². The van der Waals surface area contributed by atoms with E-state index in [1.54, 1.807) is 6.08 Å². The van der Waals surface area contributed by atoms with Gasteiger partial charge in [0.05, 0.1) is 38.6 Å². The number of rotatable bonds is 56. The third-order valence-corrected chi connectivity index (χ3v) is 18.0. The fourth-order valence-electron chi connectivity index (χ4n) is 12.1. The standard InChI is InChI=1S/C73H131NO18/c1-3-5-7-9-11-13-15-17-19-20-21-22-23-24-25-26-27-28-29-30-31-32-33-34-35-36-37-39-41-43-45-47-49-51-61(79)74-56(57(78)50-48-46-44-42-40-38-18-16-14-12-10-8-6-4-2)55-87-71-67(85)64(82)69(59(53-76)89-71)92-73-68(86)65(83)70(60(54-77)90-73)91-72-66(84)63(81)62(80)58(52-75)88-72/h14-17,20-21,40,42,48,50,56-60,62-73,75-78,80-86H,3-13,18-19,22-39,41,43-47,49,51-55H2,1-2H3,(H,74,79)/b16-14+,17-15-,21-20-,42-40+,50-48+. The molecule has 0 aromatic carbocycles. The summed E-state index contributed by atoms with van der Waals surface area (Å²) in [5.41, 5.74) is 0. The van der Waals surface area contributed by atoms with E-state index in [1.807, 2.05) is 6.08 Å². The van der Waals surface area contributed by atoms with Gasteiger partial charge < -0.3 is 89.9 Å². The summed E-state index contributed by atoms with van der Waals surface area (Å²) in [5.74, 6) is -0.288. The van der Waals surface area contributed by atoms with Gasteiger partial charge in [-0.1, -0.05) is 242 Å². The molecule has 3 rings (SSSR count). The Kier molecular flexibility index (Phi) is 49.6. The molecule has 17 atom stereocenters. The molecule has 536 valence electrons. The van der Waals surface area contributed by atoms with Crippen LogP contribution in [0.25, 0.3) is 0 Å². The van der Waals surface area contributed by atoms with Crippen molar-refractivity contribution in [3.63, 3.8) is 0 Å². The number of carbonyl (C=O) groups is 1. The molecule has 0 radical (unpaired) electrons. The third-order valence-electron chi connectivity index (χ3n) is 18.0. The second-order valence-corrected chi connectivity index (χ2v) is 26.0. The first-order valence-corrected chi connectivity index (χ1v) is 36.5. The Bertz CT molecular complexity index is 1900. The Morgan fingerprint density at radius 1 is 0.391 bits per heavy atom. The number of hydrogen-bond acceptors (Lipinski definition) is 18. The highest BCUT2D eigenvalue weighted by atomic mass is 16.8. The number of nitrogens with one attached hydrogen (secondary N) is 1. The number of carbonyl (C=O) groups excluding carboxylic acids is 1. The minimum absolute atomic E-state index is 0.233. The van der Waals surface area contributed by atoms with Gasteiger partial charge in [-0.25, -0.2) is 0 Å². The molecule has 1 amide bonds. The molecular formula is C73H131NO18. The molecule has 3 saturated heterocycles. The first-order chi connectivity index (χ1) is 44.8. The maximum atomic E-state index is 13.4. The molecule has 3 aliphatic rings. The lowest BCUT2D eigenvalue weighted by Crippen LogP contribution is -2.66. The Balaban J connectivity index is 1.35. The molecule has 17 unspecified atom stereocenters. The van der Waals surface area contributed by atoms with Crippen LogP contribution in [0.3, 0.4) is 0 Å². The fourth-order valence-corrected chi connectivity index (χ4v) is 12.1. The van der Waals surface area contributed by atoms with Gasteiger partial charge in [0.15, 0.2) is 18.9 Å². The zero-order valence-electron chi connectivity index (χ0n) is 56.8. The predicted molar refractivity (Wildman–Crippen MR) is 360 cm³/mol. The summed E-state index contributed by atoms with van der Waals surface area (Å²) in [5, 5.41) is 120. The van der Waals surface area contributed by atoms with Crippen molar-refractivity contribution in [3.8, 4) is 0 Å². The van der Waals surface area contributed by atoms with E-state index in [4.69, 9.17) is 28.4 Å². The average molecular weight is 1310 g/mol. The third kappa shape index (κ3) is 35.7. The largest absolute Gasteiger partial charge is 0.394 e. The first kappa shape index (κ1) is 83.7. The lowest BCUT2D eigenvalue weighted by molar-refractivity contribution is -0.379. The molecule has 0 bridgehead atoms. The monoisotopic (exact) mass is 1310 g/mol. The lowest BCUT2D eigenvalue weighted by Gasteiger charge is -2.48. The highest BCUT2D eigenvalue weighted by Gasteiger charge is 2.53. The van der Waals surface area contributed by atoms with Gasteiger partial charge >= 0.3 is 0 Å². The van der Waals surface area contributed by atoms with Gasteiger partial charge in [-0.05, 0) is 77.0 Å². The number of hydrogen-bond donors (Lipinski definition) is 12. The molecule has 12 N–H and O–H groups in total. The Labute approximate surface area is 554 Å². The molecule has 3 heterocycles. The van der Waals surface area contributed by atoms with E-state index in [0.717, 1.165) is 51.4 Å². The quantitative estimate of drug-likeness (QED) is 0.0199. The smallest absolute Gasteiger partial charge is 0.220 e. The molecule has 0 aromatic heterocycles. The van der Waals surface area contributed by atoms with Gasteiger partial charge in [0.1, 0.15) is 73.2 Å². The Hall–Kier alpha value is -2.51. The number of ether oxygens (including phenoxy) is 6. The van der Waals surface area contributed by atoms with Crippen LogP contribution in [-0.4, -0.2) is 193 Å². The van der Waals surface area contributed by atoms with E-state index < -0.39 is 124 Å². The van der Waals surface area contributed by atoms with Crippen molar-refractivity contribution in [2.24, 2.45) is 0 Å². The molecule has 3 aliphatic heterocycles. The van der Waals surface area contributed by atoms with E-state index in [9.17, 15) is 61.0 Å². The van der Waals surface area contributed by atoms with Crippen molar-refractivity contribution in [1.82, 2.24) is 5.32 Å². The van der Waals surface area contributed by atoms with Crippen LogP contribution < -0.4 is 5.32 Å². The van der Waals surface area contributed by atoms with Crippen LogP contribution in [0.5, 0.6) is 0 Å². The predicted octanol–water partition coefficient (Wildman–Crippen LogP) is 10.3. The van der Waals surface area contributed by atoms with Crippen molar-refractivity contribution in [2.75, 3.05) is 26.4 Å². The summed E-state index contributed by atoms with van der Waals surface area (Å²) in [6.45, 7) is 1.68. The summed E-state index contributed by atoms with van der Waals surface area (Å²) >= 11 is 0. The first-order valence-electron chi connectivity index (χ1n) is 36.5. The van der Waals surface area contributed by atoms with Gasteiger partial charge in [-0.3, -0.25) is 4.79 Å². The van der Waals surface area contributed by atoms with E-state index in [2.05, 4.69) is 67.8 Å². The molecule has 19 heteroatoms. The molecular weight excluding hydrogens is 1180 g/mol. The minimum atomic E-state index is -1.98. The van der Waals surface area contributed by atoms with Crippen LogP contribution in [-0.2, 0) is 33.2 Å².